The summed E-state index contributed by atoms with van der Waals surface area (Å²) in [6, 6.07) is 5.88. The van der Waals surface area contributed by atoms with Crippen LogP contribution >= 0.6 is 31.9 Å². The minimum Gasteiger partial charge on any atom is -0.496 e. The Morgan fingerprint density at radius 2 is 1.93 bits per heavy atom. The van der Waals surface area contributed by atoms with Crippen molar-refractivity contribution in [2.24, 2.45) is 0 Å². The maximum absolute atomic E-state index is 5.27. The molecular weight excluding hydrogens is 310 g/mol. The monoisotopic (exact) mass is 315 g/mol. The molecule has 0 fully saturated rings. The fourth-order valence-corrected chi connectivity index (χ4v) is 2.06. The van der Waals surface area contributed by atoms with Gasteiger partial charge in [-0.3, -0.25) is 4.98 Å². The van der Waals surface area contributed by atoms with E-state index in [2.05, 4.69) is 36.8 Å². The van der Waals surface area contributed by atoms with Crippen LogP contribution in [0, 0.1) is 0 Å². The van der Waals surface area contributed by atoms with E-state index in [0.29, 0.717) is 0 Å². The van der Waals surface area contributed by atoms with E-state index in [4.69, 9.17) is 4.74 Å². The van der Waals surface area contributed by atoms with Crippen molar-refractivity contribution in [2.45, 2.75) is 0 Å². The van der Waals surface area contributed by atoms with Gasteiger partial charge in [0.15, 0.2) is 0 Å². The molecule has 0 aliphatic carbocycles. The van der Waals surface area contributed by atoms with Crippen molar-refractivity contribution in [3.05, 3.63) is 33.3 Å². The molecule has 0 atom stereocenters. The van der Waals surface area contributed by atoms with Crippen molar-refractivity contribution in [3.8, 4) is 5.75 Å². The molecule has 0 saturated heterocycles. The third-order valence-corrected chi connectivity index (χ3v) is 2.81. The highest BCUT2D eigenvalue weighted by molar-refractivity contribution is 9.10. The molecule has 0 unspecified atom stereocenters. The Bertz CT molecular complexity index is 485. The molecule has 0 spiro atoms. The molecule has 2 aromatic rings. The van der Waals surface area contributed by atoms with Gasteiger partial charge in [-0.1, -0.05) is 15.9 Å². The molecule has 1 aromatic heterocycles. The molecule has 1 aromatic carbocycles. The van der Waals surface area contributed by atoms with Gasteiger partial charge in [-0.2, -0.15) is 0 Å². The predicted molar refractivity (Wildman–Crippen MR) is 63.7 cm³/mol. The third-order valence-electron chi connectivity index (χ3n) is 1.91. The van der Waals surface area contributed by atoms with E-state index in [-0.39, 0.29) is 0 Å². The highest BCUT2D eigenvalue weighted by Gasteiger charge is 2.04. The number of halogens is 2. The van der Waals surface area contributed by atoms with Crippen LogP contribution in [-0.2, 0) is 0 Å². The van der Waals surface area contributed by atoms with Crippen LogP contribution in [0.5, 0.6) is 5.75 Å². The number of aromatic nitrogens is 1. The summed E-state index contributed by atoms with van der Waals surface area (Å²) in [6.07, 6.45) is 1.77. The Hall–Kier alpha value is -0.610. The summed E-state index contributed by atoms with van der Waals surface area (Å²) in [6.45, 7) is 0. The summed E-state index contributed by atoms with van der Waals surface area (Å²) < 4.78 is 7.19. The topological polar surface area (TPSA) is 22.1 Å². The van der Waals surface area contributed by atoms with Crippen molar-refractivity contribution in [1.82, 2.24) is 4.98 Å². The Morgan fingerprint density at radius 3 is 2.64 bits per heavy atom. The van der Waals surface area contributed by atoms with Gasteiger partial charge in [-0.25, -0.2) is 0 Å². The van der Waals surface area contributed by atoms with E-state index in [1.807, 2.05) is 18.2 Å². The van der Waals surface area contributed by atoms with Crippen LogP contribution in [0.2, 0.25) is 0 Å². The molecule has 0 N–H and O–H groups in total. The quantitative estimate of drug-likeness (QED) is 0.799. The molecule has 2 rings (SSSR count). The molecule has 2 nitrogen and oxygen atoms in total. The minimum absolute atomic E-state index is 0.822. The number of pyridine rings is 1. The summed E-state index contributed by atoms with van der Waals surface area (Å²) in [5.74, 6) is 0.822. The Labute approximate surface area is 98.5 Å². The van der Waals surface area contributed by atoms with Crippen molar-refractivity contribution in [1.29, 1.82) is 0 Å². The lowest BCUT2D eigenvalue weighted by Crippen LogP contribution is -1.87. The predicted octanol–water partition coefficient (Wildman–Crippen LogP) is 3.77. The largest absolute Gasteiger partial charge is 0.496 e. The summed E-state index contributed by atoms with van der Waals surface area (Å²) >= 11 is 6.80. The van der Waals surface area contributed by atoms with Crippen LogP contribution < -0.4 is 4.74 Å². The molecule has 4 heteroatoms. The average Bonchev–Trinajstić information content (AvgIpc) is 2.17. The highest BCUT2D eigenvalue weighted by Crippen LogP contribution is 2.30. The number of hydrogen-bond acceptors (Lipinski definition) is 2. The zero-order chi connectivity index (χ0) is 10.1. The molecule has 0 saturated carbocycles. The SMILES string of the molecule is COc1cc(Br)cc2ncc(Br)cc12. The number of hydrogen-bond donors (Lipinski definition) is 0. The second kappa shape index (κ2) is 3.87. The summed E-state index contributed by atoms with van der Waals surface area (Å²) in [5, 5.41) is 1.00. The first-order chi connectivity index (χ1) is 6.70. The Balaban J connectivity index is 2.81. The summed E-state index contributed by atoms with van der Waals surface area (Å²) in [7, 11) is 1.65. The van der Waals surface area contributed by atoms with Crippen LogP contribution in [0.3, 0.4) is 0 Å². The average molecular weight is 317 g/mol. The molecular formula is C10H7Br2NO. The maximum atomic E-state index is 5.27. The fraction of sp³-hybridized carbons (Fsp3) is 0.100. The van der Waals surface area contributed by atoms with Crippen molar-refractivity contribution in [3.63, 3.8) is 0 Å². The molecule has 0 amide bonds. The van der Waals surface area contributed by atoms with E-state index in [1.54, 1.807) is 13.3 Å². The summed E-state index contributed by atoms with van der Waals surface area (Å²) in [5.41, 5.74) is 0.916. The van der Waals surface area contributed by atoms with Crippen molar-refractivity contribution in [2.75, 3.05) is 7.11 Å². The van der Waals surface area contributed by atoms with Crippen LogP contribution in [0.25, 0.3) is 10.9 Å². The lowest BCUT2D eigenvalue weighted by molar-refractivity contribution is 0.419. The van der Waals surface area contributed by atoms with E-state index in [9.17, 15) is 0 Å². The van der Waals surface area contributed by atoms with Crippen LogP contribution in [0.15, 0.2) is 33.3 Å². The van der Waals surface area contributed by atoms with Gasteiger partial charge in [-0.05, 0) is 34.1 Å². The number of methoxy groups -OCH3 is 1. The number of rotatable bonds is 1. The molecule has 72 valence electrons. The molecule has 14 heavy (non-hydrogen) atoms. The maximum Gasteiger partial charge on any atom is 0.129 e. The Morgan fingerprint density at radius 1 is 1.14 bits per heavy atom. The van der Waals surface area contributed by atoms with Crippen LogP contribution in [-0.4, -0.2) is 12.1 Å². The lowest BCUT2D eigenvalue weighted by atomic mass is 10.2. The Kier molecular flexibility index (Phi) is 2.74. The van der Waals surface area contributed by atoms with E-state index >= 15 is 0 Å². The fourth-order valence-electron chi connectivity index (χ4n) is 1.31. The van der Waals surface area contributed by atoms with Gasteiger partial charge in [0.1, 0.15) is 5.75 Å². The molecule has 0 aliphatic rings. The normalized spacial score (nSPS) is 10.5. The number of ether oxygens (including phenoxy) is 1. The van der Waals surface area contributed by atoms with Gasteiger partial charge >= 0.3 is 0 Å². The zero-order valence-electron chi connectivity index (χ0n) is 7.42. The summed E-state index contributed by atoms with van der Waals surface area (Å²) in [4.78, 5) is 4.29. The molecule has 0 bridgehead atoms. The van der Waals surface area contributed by atoms with Gasteiger partial charge in [0.2, 0.25) is 0 Å². The number of benzene rings is 1. The van der Waals surface area contributed by atoms with Gasteiger partial charge in [0.05, 0.1) is 12.6 Å². The third kappa shape index (κ3) is 1.77. The van der Waals surface area contributed by atoms with Crippen molar-refractivity contribution >= 4 is 42.8 Å². The van der Waals surface area contributed by atoms with Gasteiger partial charge in [0, 0.05) is 20.5 Å². The minimum atomic E-state index is 0.822. The molecule has 0 aliphatic heterocycles. The second-order valence-electron chi connectivity index (χ2n) is 2.83. The zero-order valence-corrected chi connectivity index (χ0v) is 10.6. The highest BCUT2D eigenvalue weighted by atomic mass is 79.9. The first-order valence-electron chi connectivity index (χ1n) is 3.99. The van der Waals surface area contributed by atoms with Crippen molar-refractivity contribution < 1.29 is 4.74 Å². The van der Waals surface area contributed by atoms with Crippen LogP contribution in [0.4, 0.5) is 0 Å². The van der Waals surface area contributed by atoms with E-state index in [1.165, 1.54) is 0 Å². The van der Waals surface area contributed by atoms with Gasteiger partial charge in [0.25, 0.3) is 0 Å². The standard InChI is InChI=1S/C10H7Br2NO/c1-14-10-4-6(11)3-9-8(10)2-7(12)5-13-9/h2-5H,1H3. The van der Waals surface area contributed by atoms with Gasteiger partial charge < -0.3 is 4.74 Å². The van der Waals surface area contributed by atoms with E-state index < -0.39 is 0 Å². The number of fused-ring (bicyclic) bond motifs is 1. The first kappa shape index (κ1) is 9.93. The van der Waals surface area contributed by atoms with E-state index in [0.717, 1.165) is 25.6 Å². The molecule has 0 radical (unpaired) electrons. The van der Waals surface area contributed by atoms with Gasteiger partial charge in [-0.15, -0.1) is 0 Å². The first-order valence-corrected chi connectivity index (χ1v) is 5.58. The lowest BCUT2D eigenvalue weighted by Gasteiger charge is -2.05. The number of nitrogens with zero attached hydrogens (tertiary/aromatic N) is 1. The van der Waals surface area contributed by atoms with Crippen LogP contribution in [0.1, 0.15) is 0 Å². The smallest absolute Gasteiger partial charge is 0.129 e. The second-order valence-corrected chi connectivity index (χ2v) is 4.66. The molecule has 1 heterocycles.